The van der Waals surface area contributed by atoms with Gasteiger partial charge < -0.3 is 19.5 Å². The van der Waals surface area contributed by atoms with Crippen LogP contribution in [-0.4, -0.2) is 41.6 Å². The molecule has 1 aliphatic carbocycles. The molecule has 9 heteroatoms. The van der Waals surface area contributed by atoms with Crippen molar-refractivity contribution in [3.05, 3.63) is 41.0 Å². The van der Waals surface area contributed by atoms with E-state index in [1.54, 1.807) is 23.1 Å². The van der Waals surface area contributed by atoms with Crippen molar-refractivity contribution in [1.29, 1.82) is 0 Å². The summed E-state index contributed by atoms with van der Waals surface area (Å²) in [6.07, 6.45) is 7.05. The van der Waals surface area contributed by atoms with Crippen molar-refractivity contribution in [2.24, 2.45) is 0 Å². The van der Waals surface area contributed by atoms with E-state index < -0.39 is 5.54 Å². The van der Waals surface area contributed by atoms with Crippen LogP contribution in [0.4, 0.5) is 5.69 Å². The Hall–Kier alpha value is -3.23. The van der Waals surface area contributed by atoms with Crippen LogP contribution in [0.15, 0.2) is 22.7 Å². The molecule has 33 heavy (non-hydrogen) atoms. The Labute approximate surface area is 192 Å². The summed E-state index contributed by atoms with van der Waals surface area (Å²) in [5, 5.41) is 7.25. The molecule has 0 unspecified atom stereocenters. The minimum absolute atomic E-state index is 0.0367. The maximum absolute atomic E-state index is 12.9. The van der Waals surface area contributed by atoms with E-state index in [-0.39, 0.29) is 24.2 Å². The molecular formula is C24H30N4O5. The van der Waals surface area contributed by atoms with Gasteiger partial charge in [0.25, 0.3) is 0 Å². The summed E-state index contributed by atoms with van der Waals surface area (Å²) in [6, 6.07) is 5.25. The fourth-order valence-corrected chi connectivity index (χ4v) is 4.88. The van der Waals surface area contributed by atoms with Gasteiger partial charge in [-0.15, -0.1) is 0 Å². The molecule has 1 aliphatic heterocycles. The van der Waals surface area contributed by atoms with Gasteiger partial charge in [-0.1, -0.05) is 30.8 Å². The molecule has 0 atom stereocenters. The summed E-state index contributed by atoms with van der Waals surface area (Å²) in [4.78, 5) is 42.8. The molecule has 4 rings (SSSR count). The van der Waals surface area contributed by atoms with E-state index in [4.69, 9.17) is 9.26 Å². The highest BCUT2D eigenvalue weighted by molar-refractivity contribution is 5.97. The predicted molar refractivity (Wildman–Crippen MR) is 120 cm³/mol. The van der Waals surface area contributed by atoms with Gasteiger partial charge in [0.05, 0.1) is 12.7 Å². The van der Waals surface area contributed by atoms with Gasteiger partial charge in [0.15, 0.2) is 5.82 Å². The van der Waals surface area contributed by atoms with Crippen LogP contribution in [0.5, 0.6) is 0 Å². The Balaban J connectivity index is 1.42. The molecule has 2 aliphatic rings. The lowest BCUT2D eigenvalue weighted by Gasteiger charge is -2.30. The van der Waals surface area contributed by atoms with Crippen molar-refractivity contribution >= 4 is 23.5 Å². The van der Waals surface area contributed by atoms with Gasteiger partial charge >= 0.3 is 5.97 Å². The lowest BCUT2D eigenvalue weighted by molar-refractivity contribution is -0.121. The van der Waals surface area contributed by atoms with E-state index in [1.165, 1.54) is 14.0 Å². The zero-order chi connectivity index (χ0) is 23.4. The van der Waals surface area contributed by atoms with Gasteiger partial charge in [0.1, 0.15) is 5.54 Å². The lowest BCUT2D eigenvalue weighted by Crippen LogP contribution is -2.45. The van der Waals surface area contributed by atoms with Crippen LogP contribution in [0.1, 0.15) is 79.5 Å². The van der Waals surface area contributed by atoms with Crippen LogP contribution in [-0.2, 0) is 32.7 Å². The van der Waals surface area contributed by atoms with Gasteiger partial charge in [-0.05, 0) is 43.0 Å². The minimum atomic E-state index is -0.598. The smallest absolute Gasteiger partial charge is 0.337 e. The van der Waals surface area contributed by atoms with Crippen LogP contribution in [0, 0.1) is 0 Å². The third-order valence-electron chi connectivity index (χ3n) is 6.52. The van der Waals surface area contributed by atoms with Crippen molar-refractivity contribution in [3.8, 4) is 0 Å². The van der Waals surface area contributed by atoms with Gasteiger partial charge in [-0.2, -0.15) is 4.98 Å². The molecule has 1 aromatic heterocycles. The van der Waals surface area contributed by atoms with Crippen LogP contribution < -0.4 is 10.2 Å². The summed E-state index contributed by atoms with van der Waals surface area (Å²) in [6.45, 7) is 2.08. The predicted octanol–water partition coefficient (Wildman–Crippen LogP) is 3.06. The second-order valence-corrected chi connectivity index (χ2v) is 8.82. The molecule has 1 N–H and O–H groups in total. The first kappa shape index (κ1) is 22.9. The number of carbonyl (C=O) groups excluding carboxylic acids is 3. The number of ether oxygens (including phenoxy) is 1. The minimum Gasteiger partial charge on any atom is -0.465 e. The number of esters is 1. The average Bonchev–Trinajstić information content (AvgIpc) is 3.39. The highest BCUT2D eigenvalue weighted by Crippen LogP contribution is 2.35. The number of anilines is 1. The van der Waals surface area contributed by atoms with E-state index >= 15 is 0 Å². The van der Waals surface area contributed by atoms with E-state index in [0.29, 0.717) is 36.7 Å². The lowest BCUT2D eigenvalue weighted by atomic mass is 9.89. The van der Waals surface area contributed by atoms with E-state index in [2.05, 4.69) is 15.5 Å². The topological polar surface area (TPSA) is 115 Å². The fraction of sp³-hybridized carbons (Fsp3) is 0.542. The number of methoxy groups -OCH3 is 1. The Kier molecular flexibility index (Phi) is 6.76. The Morgan fingerprint density at radius 2 is 1.94 bits per heavy atom. The number of carbonyl (C=O) groups is 3. The molecule has 0 bridgehead atoms. The number of rotatable bonds is 6. The monoisotopic (exact) mass is 454 g/mol. The van der Waals surface area contributed by atoms with Gasteiger partial charge in [0.2, 0.25) is 17.7 Å². The van der Waals surface area contributed by atoms with Crippen molar-refractivity contribution in [1.82, 2.24) is 15.5 Å². The molecule has 0 radical (unpaired) electrons. The molecule has 1 fully saturated rings. The molecule has 176 valence electrons. The summed E-state index contributed by atoms with van der Waals surface area (Å²) in [5.74, 6) is 0.365. The van der Waals surface area contributed by atoms with Crippen molar-refractivity contribution < 1.29 is 23.6 Å². The number of hydrogen-bond acceptors (Lipinski definition) is 7. The number of nitrogens with one attached hydrogen (secondary N) is 1. The second kappa shape index (κ2) is 9.72. The van der Waals surface area contributed by atoms with Crippen LogP contribution >= 0.6 is 0 Å². The second-order valence-electron chi connectivity index (χ2n) is 8.82. The van der Waals surface area contributed by atoms with Crippen molar-refractivity contribution in [3.63, 3.8) is 0 Å². The molecule has 2 aromatic rings. The number of benzene rings is 1. The SMILES string of the molecule is COC(=O)c1ccc2c(c1)CCN2C(=O)CCc1nc(C2(NC(C)=O)CCCCCC2)no1. The van der Waals surface area contributed by atoms with E-state index in [0.717, 1.165) is 49.8 Å². The maximum atomic E-state index is 12.9. The number of hydrogen-bond donors (Lipinski definition) is 1. The first-order chi connectivity index (χ1) is 15.9. The van der Waals surface area contributed by atoms with E-state index in [1.807, 2.05) is 0 Å². The quantitative estimate of drug-likeness (QED) is 0.527. The summed E-state index contributed by atoms with van der Waals surface area (Å²) in [5.41, 5.74) is 1.66. The molecule has 0 spiro atoms. The Morgan fingerprint density at radius 1 is 1.18 bits per heavy atom. The molecule has 1 aromatic carbocycles. The number of fused-ring (bicyclic) bond motifs is 1. The molecule has 1 saturated carbocycles. The number of nitrogens with zero attached hydrogens (tertiary/aromatic N) is 3. The number of aryl methyl sites for hydroxylation is 1. The highest BCUT2D eigenvalue weighted by Gasteiger charge is 2.38. The summed E-state index contributed by atoms with van der Waals surface area (Å²) < 4.78 is 10.2. The summed E-state index contributed by atoms with van der Waals surface area (Å²) in [7, 11) is 1.35. The van der Waals surface area contributed by atoms with Gasteiger partial charge in [-0.25, -0.2) is 4.79 Å². The third-order valence-corrected chi connectivity index (χ3v) is 6.52. The molecule has 2 heterocycles. The number of aromatic nitrogens is 2. The molecular weight excluding hydrogens is 424 g/mol. The average molecular weight is 455 g/mol. The van der Waals surface area contributed by atoms with Crippen LogP contribution in [0.2, 0.25) is 0 Å². The largest absolute Gasteiger partial charge is 0.465 e. The fourth-order valence-electron chi connectivity index (χ4n) is 4.88. The first-order valence-electron chi connectivity index (χ1n) is 11.6. The Morgan fingerprint density at radius 3 is 2.64 bits per heavy atom. The first-order valence-corrected chi connectivity index (χ1v) is 11.6. The molecule has 0 saturated heterocycles. The van der Waals surface area contributed by atoms with Crippen molar-refractivity contribution in [2.45, 2.75) is 70.3 Å². The van der Waals surface area contributed by atoms with Crippen LogP contribution in [0.3, 0.4) is 0 Å². The van der Waals surface area contributed by atoms with Gasteiger partial charge in [-0.3, -0.25) is 9.59 Å². The highest BCUT2D eigenvalue weighted by atomic mass is 16.5. The van der Waals surface area contributed by atoms with Crippen molar-refractivity contribution in [2.75, 3.05) is 18.6 Å². The Bertz CT molecular complexity index is 1040. The molecule has 2 amide bonds. The van der Waals surface area contributed by atoms with Crippen LogP contribution in [0.25, 0.3) is 0 Å². The number of amides is 2. The standard InChI is InChI=1S/C24H30N4O5/c1-16(29)26-24(12-5-3-4-6-13-24)23-25-20(33-27-23)9-10-21(30)28-14-11-17-15-18(22(31)32-2)7-8-19(17)28/h7-8,15H,3-6,9-14H2,1-2H3,(H,26,29). The zero-order valence-electron chi connectivity index (χ0n) is 19.2. The maximum Gasteiger partial charge on any atom is 0.337 e. The third kappa shape index (κ3) is 4.91. The normalized spacial score (nSPS) is 17.2. The van der Waals surface area contributed by atoms with E-state index in [9.17, 15) is 14.4 Å². The van der Waals surface area contributed by atoms with Gasteiger partial charge in [0, 0.05) is 32.0 Å². The molecule has 9 nitrogen and oxygen atoms in total. The zero-order valence-corrected chi connectivity index (χ0v) is 19.2. The summed E-state index contributed by atoms with van der Waals surface area (Å²) >= 11 is 0.